The standard InChI is InChI=1S/C12H15NO2S/c14-9-12(4-1-2-5-12)13-11(15)7-10-3-6-16-8-10/h1-3,6,8,14H,4-5,7,9H2,(H,13,15). The Morgan fingerprint density at radius 1 is 1.50 bits per heavy atom. The van der Waals surface area contributed by atoms with E-state index >= 15 is 0 Å². The van der Waals surface area contributed by atoms with E-state index in [0.29, 0.717) is 6.42 Å². The predicted octanol–water partition coefficient (Wildman–Crippen LogP) is 1.49. The highest BCUT2D eigenvalue weighted by atomic mass is 32.1. The molecule has 0 aromatic carbocycles. The van der Waals surface area contributed by atoms with Crippen molar-refractivity contribution in [3.63, 3.8) is 0 Å². The average Bonchev–Trinajstić information content (AvgIpc) is 2.90. The van der Waals surface area contributed by atoms with E-state index in [4.69, 9.17) is 0 Å². The van der Waals surface area contributed by atoms with Gasteiger partial charge in [-0.3, -0.25) is 4.79 Å². The summed E-state index contributed by atoms with van der Waals surface area (Å²) >= 11 is 1.59. The number of hydrogen-bond donors (Lipinski definition) is 2. The third-order valence-corrected chi connectivity index (χ3v) is 3.57. The number of hydrogen-bond acceptors (Lipinski definition) is 3. The van der Waals surface area contributed by atoms with Crippen LogP contribution in [0.3, 0.4) is 0 Å². The number of thiophene rings is 1. The van der Waals surface area contributed by atoms with Gasteiger partial charge in [0.05, 0.1) is 18.6 Å². The number of carbonyl (C=O) groups is 1. The summed E-state index contributed by atoms with van der Waals surface area (Å²) in [6.45, 7) is -0.00459. The first-order valence-electron chi connectivity index (χ1n) is 5.32. The van der Waals surface area contributed by atoms with Gasteiger partial charge in [0.1, 0.15) is 0 Å². The molecule has 0 saturated heterocycles. The maximum absolute atomic E-state index is 11.8. The SMILES string of the molecule is O=C(Cc1ccsc1)NC1(CO)CC=CC1. The highest BCUT2D eigenvalue weighted by Crippen LogP contribution is 2.23. The Labute approximate surface area is 98.8 Å². The van der Waals surface area contributed by atoms with Crippen molar-refractivity contribution < 1.29 is 9.90 Å². The summed E-state index contributed by atoms with van der Waals surface area (Å²) in [5.41, 5.74) is 0.578. The summed E-state index contributed by atoms with van der Waals surface area (Å²) in [7, 11) is 0. The van der Waals surface area contributed by atoms with E-state index in [1.807, 2.05) is 29.0 Å². The molecule has 0 radical (unpaired) electrons. The van der Waals surface area contributed by atoms with Crippen LogP contribution < -0.4 is 5.32 Å². The molecule has 2 N–H and O–H groups in total. The molecule has 0 saturated carbocycles. The van der Waals surface area contributed by atoms with Gasteiger partial charge in [0.25, 0.3) is 0 Å². The molecule has 4 heteroatoms. The maximum atomic E-state index is 11.8. The van der Waals surface area contributed by atoms with Gasteiger partial charge < -0.3 is 10.4 Å². The maximum Gasteiger partial charge on any atom is 0.224 e. The van der Waals surface area contributed by atoms with Crippen molar-refractivity contribution in [2.75, 3.05) is 6.61 Å². The number of amides is 1. The molecular formula is C12H15NO2S. The third kappa shape index (κ3) is 2.51. The van der Waals surface area contributed by atoms with Crippen LogP contribution in [0.4, 0.5) is 0 Å². The molecule has 16 heavy (non-hydrogen) atoms. The Bertz CT molecular complexity index is 376. The Morgan fingerprint density at radius 2 is 2.25 bits per heavy atom. The van der Waals surface area contributed by atoms with E-state index in [2.05, 4.69) is 5.32 Å². The molecule has 0 unspecified atom stereocenters. The fourth-order valence-electron chi connectivity index (χ4n) is 1.89. The van der Waals surface area contributed by atoms with E-state index < -0.39 is 5.54 Å². The zero-order chi connectivity index (χ0) is 11.4. The number of aliphatic hydroxyl groups excluding tert-OH is 1. The molecular weight excluding hydrogens is 222 g/mol. The summed E-state index contributed by atoms with van der Waals surface area (Å²) in [5, 5.41) is 16.2. The van der Waals surface area contributed by atoms with Crippen molar-refractivity contribution in [3.8, 4) is 0 Å². The minimum Gasteiger partial charge on any atom is -0.394 e. The first-order valence-corrected chi connectivity index (χ1v) is 6.26. The van der Waals surface area contributed by atoms with Crippen LogP contribution in [-0.2, 0) is 11.2 Å². The molecule has 1 aromatic heterocycles. The third-order valence-electron chi connectivity index (χ3n) is 2.84. The molecule has 1 aromatic rings. The summed E-state index contributed by atoms with van der Waals surface area (Å²) in [4.78, 5) is 11.8. The lowest BCUT2D eigenvalue weighted by Gasteiger charge is -2.27. The largest absolute Gasteiger partial charge is 0.394 e. The van der Waals surface area contributed by atoms with Crippen LogP contribution in [-0.4, -0.2) is 23.2 Å². The van der Waals surface area contributed by atoms with Gasteiger partial charge in [-0.05, 0) is 35.2 Å². The van der Waals surface area contributed by atoms with Crippen molar-refractivity contribution >= 4 is 17.2 Å². The smallest absolute Gasteiger partial charge is 0.224 e. The van der Waals surface area contributed by atoms with E-state index in [-0.39, 0.29) is 12.5 Å². The van der Waals surface area contributed by atoms with Gasteiger partial charge in [-0.15, -0.1) is 0 Å². The van der Waals surface area contributed by atoms with Crippen molar-refractivity contribution in [1.29, 1.82) is 0 Å². The van der Waals surface area contributed by atoms with Gasteiger partial charge in [-0.25, -0.2) is 0 Å². The van der Waals surface area contributed by atoms with Crippen LogP contribution in [0.5, 0.6) is 0 Å². The van der Waals surface area contributed by atoms with E-state index in [1.165, 1.54) is 0 Å². The normalized spacial score (nSPS) is 17.6. The average molecular weight is 237 g/mol. The van der Waals surface area contributed by atoms with Gasteiger partial charge in [-0.1, -0.05) is 12.2 Å². The molecule has 1 amide bonds. The minimum atomic E-state index is -0.451. The first kappa shape index (κ1) is 11.4. The van der Waals surface area contributed by atoms with Gasteiger partial charge >= 0.3 is 0 Å². The van der Waals surface area contributed by atoms with Gasteiger partial charge in [-0.2, -0.15) is 11.3 Å². The number of rotatable bonds is 4. The van der Waals surface area contributed by atoms with Crippen molar-refractivity contribution in [3.05, 3.63) is 34.5 Å². The summed E-state index contributed by atoms with van der Waals surface area (Å²) in [5.74, 6) is -0.0175. The topological polar surface area (TPSA) is 49.3 Å². The molecule has 1 heterocycles. The van der Waals surface area contributed by atoms with Crippen LogP contribution in [0.25, 0.3) is 0 Å². The quantitative estimate of drug-likeness (QED) is 0.779. The second-order valence-electron chi connectivity index (χ2n) is 4.17. The molecule has 86 valence electrons. The Morgan fingerprint density at radius 3 is 2.81 bits per heavy atom. The van der Waals surface area contributed by atoms with Crippen molar-refractivity contribution in [1.82, 2.24) is 5.32 Å². The van der Waals surface area contributed by atoms with Gasteiger partial charge in [0, 0.05) is 0 Å². The summed E-state index contributed by atoms with van der Waals surface area (Å²) in [6, 6.07) is 1.95. The molecule has 1 aliphatic rings. The van der Waals surface area contributed by atoms with E-state index in [1.54, 1.807) is 11.3 Å². The minimum absolute atomic E-state index is 0.00459. The summed E-state index contributed by atoms with van der Waals surface area (Å²) in [6.07, 6.45) is 5.84. The molecule has 0 fully saturated rings. The van der Waals surface area contributed by atoms with Crippen LogP contribution in [0.15, 0.2) is 29.0 Å². The van der Waals surface area contributed by atoms with Crippen molar-refractivity contribution in [2.24, 2.45) is 0 Å². The predicted molar refractivity (Wildman–Crippen MR) is 64.4 cm³/mol. The fraction of sp³-hybridized carbons (Fsp3) is 0.417. The molecule has 0 bridgehead atoms. The Balaban J connectivity index is 1.91. The second-order valence-corrected chi connectivity index (χ2v) is 4.95. The van der Waals surface area contributed by atoms with Crippen LogP contribution in [0, 0.1) is 0 Å². The number of aliphatic hydroxyl groups is 1. The fourth-order valence-corrected chi connectivity index (χ4v) is 2.56. The zero-order valence-electron chi connectivity index (χ0n) is 8.98. The number of nitrogens with one attached hydrogen (secondary N) is 1. The lowest BCUT2D eigenvalue weighted by Crippen LogP contribution is -2.50. The van der Waals surface area contributed by atoms with Gasteiger partial charge in [0.15, 0.2) is 0 Å². The monoisotopic (exact) mass is 237 g/mol. The number of carbonyl (C=O) groups excluding carboxylic acids is 1. The van der Waals surface area contributed by atoms with Crippen LogP contribution in [0.1, 0.15) is 18.4 Å². The summed E-state index contributed by atoms with van der Waals surface area (Å²) < 4.78 is 0. The Hall–Kier alpha value is -1.13. The first-order chi connectivity index (χ1) is 7.74. The van der Waals surface area contributed by atoms with E-state index in [0.717, 1.165) is 18.4 Å². The highest BCUT2D eigenvalue weighted by molar-refractivity contribution is 7.07. The molecule has 0 aliphatic heterocycles. The van der Waals surface area contributed by atoms with E-state index in [9.17, 15) is 9.90 Å². The van der Waals surface area contributed by atoms with Gasteiger partial charge in [0.2, 0.25) is 5.91 Å². The van der Waals surface area contributed by atoms with Crippen LogP contribution in [0.2, 0.25) is 0 Å². The van der Waals surface area contributed by atoms with Crippen molar-refractivity contribution in [2.45, 2.75) is 24.8 Å². The lowest BCUT2D eigenvalue weighted by molar-refractivity contribution is -0.122. The Kier molecular flexibility index (Phi) is 3.41. The molecule has 3 nitrogen and oxygen atoms in total. The zero-order valence-corrected chi connectivity index (χ0v) is 9.80. The highest BCUT2D eigenvalue weighted by Gasteiger charge is 2.31. The molecule has 1 aliphatic carbocycles. The van der Waals surface area contributed by atoms with Crippen LogP contribution >= 0.6 is 11.3 Å². The second kappa shape index (κ2) is 4.80. The molecule has 2 rings (SSSR count). The lowest BCUT2D eigenvalue weighted by atomic mass is 9.97. The molecule has 0 atom stereocenters. The molecule has 0 spiro atoms.